The van der Waals surface area contributed by atoms with Gasteiger partial charge < -0.3 is 9.32 Å². The van der Waals surface area contributed by atoms with Gasteiger partial charge in [0.05, 0.1) is 5.52 Å². The van der Waals surface area contributed by atoms with Crippen LogP contribution in [0, 0.1) is 0 Å². The zero-order valence-electron chi connectivity index (χ0n) is 17.3. The lowest BCUT2D eigenvalue weighted by molar-refractivity contribution is -0.128. The van der Waals surface area contributed by atoms with Gasteiger partial charge in [-0.05, 0) is 23.3 Å². The number of amides is 3. The van der Waals surface area contributed by atoms with Crippen molar-refractivity contribution in [1.29, 1.82) is 0 Å². The molecule has 5 rings (SSSR count). The molecule has 1 fully saturated rings. The highest BCUT2D eigenvalue weighted by Gasteiger charge is 2.45. The summed E-state index contributed by atoms with van der Waals surface area (Å²) in [6.07, 6.45) is 0. The third-order valence-corrected chi connectivity index (χ3v) is 5.72. The number of fused-ring (bicyclic) bond motifs is 1. The number of hydrogen-bond donors (Lipinski definition) is 0. The molecule has 0 saturated carbocycles. The number of carbonyl (C=O) groups is 2. The summed E-state index contributed by atoms with van der Waals surface area (Å²) < 4.78 is 6.72. The molecule has 1 atom stereocenters. The summed E-state index contributed by atoms with van der Waals surface area (Å²) in [4.78, 5) is 41.8. The van der Waals surface area contributed by atoms with E-state index < -0.39 is 11.8 Å². The minimum absolute atomic E-state index is 0.0791. The number of benzene rings is 3. The zero-order valence-corrected chi connectivity index (χ0v) is 17.3. The van der Waals surface area contributed by atoms with Crippen LogP contribution in [0.5, 0.6) is 0 Å². The van der Waals surface area contributed by atoms with Gasteiger partial charge in [-0.25, -0.2) is 9.59 Å². The Morgan fingerprint density at radius 3 is 2.16 bits per heavy atom. The van der Waals surface area contributed by atoms with Crippen molar-refractivity contribution in [3.8, 4) is 0 Å². The number of oxazole rings is 1. The summed E-state index contributed by atoms with van der Waals surface area (Å²) in [5.74, 6) is -0.802. The highest BCUT2D eigenvalue weighted by atomic mass is 16.4. The van der Waals surface area contributed by atoms with Crippen LogP contribution < -0.4 is 5.76 Å². The minimum Gasteiger partial charge on any atom is -0.408 e. The van der Waals surface area contributed by atoms with Crippen molar-refractivity contribution < 1.29 is 14.0 Å². The topological polar surface area (TPSA) is 75.8 Å². The second-order valence-corrected chi connectivity index (χ2v) is 7.69. The first kappa shape index (κ1) is 19.8. The maximum atomic E-state index is 13.4. The van der Waals surface area contributed by atoms with E-state index in [0.717, 1.165) is 11.1 Å². The normalized spacial score (nSPS) is 16.3. The smallest absolute Gasteiger partial charge is 0.408 e. The minimum atomic E-state index is -0.707. The molecule has 7 nitrogen and oxygen atoms in total. The van der Waals surface area contributed by atoms with Crippen molar-refractivity contribution in [2.24, 2.45) is 0 Å². The summed E-state index contributed by atoms with van der Waals surface area (Å²) in [6, 6.07) is 24.9. The first-order valence-electron chi connectivity index (χ1n) is 10.4. The van der Waals surface area contributed by atoms with Gasteiger partial charge in [-0.15, -0.1) is 0 Å². The number of para-hydroxylation sites is 2. The number of rotatable bonds is 6. The van der Waals surface area contributed by atoms with Gasteiger partial charge in [-0.3, -0.25) is 14.3 Å². The molecule has 2 heterocycles. The number of hydrogen-bond acceptors (Lipinski definition) is 4. The van der Waals surface area contributed by atoms with Gasteiger partial charge in [0.15, 0.2) is 5.58 Å². The fourth-order valence-corrected chi connectivity index (χ4v) is 4.17. The highest BCUT2D eigenvalue weighted by molar-refractivity contribution is 6.04. The van der Waals surface area contributed by atoms with Crippen molar-refractivity contribution in [2.45, 2.75) is 19.1 Å². The monoisotopic (exact) mass is 427 g/mol. The lowest BCUT2D eigenvalue weighted by Gasteiger charge is -2.22. The maximum Gasteiger partial charge on any atom is 0.420 e. The standard InChI is InChI=1S/C25H21N3O4/c29-23-22(19-11-5-2-6-12-19)28(17-18-9-3-1-4-10-18)24(30)27(23)16-15-26-20-13-7-8-14-21(20)32-25(26)31/h1-14,22H,15-17H2. The molecule has 1 aromatic heterocycles. The summed E-state index contributed by atoms with van der Waals surface area (Å²) in [7, 11) is 0. The third kappa shape index (κ3) is 3.47. The Balaban J connectivity index is 1.45. The summed E-state index contributed by atoms with van der Waals surface area (Å²) in [5.41, 5.74) is 2.81. The van der Waals surface area contributed by atoms with E-state index in [1.807, 2.05) is 66.7 Å². The molecule has 32 heavy (non-hydrogen) atoms. The molecule has 3 aromatic carbocycles. The van der Waals surface area contributed by atoms with Crippen LogP contribution in [0.1, 0.15) is 17.2 Å². The molecular weight excluding hydrogens is 406 g/mol. The number of nitrogens with zero attached hydrogens (tertiary/aromatic N) is 3. The molecule has 160 valence electrons. The van der Waals surface area contributed by atoms with Crippen LogP contribution in [-0.2, 0) is 17.9 Å². The summed E-state index contributed by atoms with van der Waals surface area (Å²) >= 11 is 0. The van der Waals surface area contributed by atoms with E-state index in [1.165, 1.54) is 9.47 Å². The quantitative estimate of drug-likeness (QED) is 0.439. The van der Waals surface area contributed by atoms with Crippen LogP contribution in [0.2, 0.25) is 0 Å². The van der Waals surface area contributed by atoms with Gasteiger partial charge >= 0.3 is 11.8 Å². The summed E-state index contributed by atoms with van der Waals surface area (Å²) in [5, 5.41) is 0. The van der Waals surface area contributed by atoms with Crippen LogP contribution in [0.25, 0.3) is 11.1 Å². The molecule has 0 radical (unpaired) electrons. The molecule has 1 unspecified atom stereocenters. The Kier molecular flexibility index (Phi) is 5.07. The van der Waals surface area contributed by atoms with Gasteiger partial charge in [0.25, 0.3) is 5.91 Å². The molecule has 4 aromatic rings. The second kappa shape index (κ2) is 8.19. The van der Waals surface area contributed by atoms with Crippen LogP contribution in [-0.4, -0.2) is 32.8 Å². The Hall–Kier alpha value is -4.13. The van der Waals surface area contributed by atoms with Crippen molar-refractivity contribution in [1.82, 2.24) is 14.4 Å². The molecular formula is C25H21N3O4. The number of imide groups is 1. The molecule has 0 bridgehead atoms. The molecule has 1 aliphatic rings. The average Bonchev–Trinajstić information content (AvgIpc) is 3.26. The van der Waals surface area contributed by atoms with Gasteiger partial charge in [-0.2, -0.15) is 0 Å². The number of carbonyl (C=O) groups excluding carboxylic acids is 2. The van der Waals surface area contributed by atoms with Gasteiger partial charge in [-0.1, -0.05) is 72.8 Å². The van der Waals surface area contributed by atoms with Crippen LogP contribution in [0.15, 0.2) is 94.1 Å². The van der Waals surface area contributed by atoms with E-state index >= 15 is 0 Å². The van der Waals surface area contributed by atoms with E-state index in [4.69, 9.17) is 4.42 Å². The van der Waals surface area contributed by atoms with Crippen LogP contribution in [0.4, 0.5) is 4.79 Å². The Labute approximate surface area is 184 Å². The second-order valence-electron chi connectivity index (χ2n) is 7.69. The zero-order chi connectivity index (χ0) is 22.1. The molecule has 3 amide bonds. The fraction of sp³-hybridized carbons (Fsp3) is 0.160. The van der Waals surface area contributed by atoms with E-state index in [-0.39, 0.29) is 25.0 Å². The van der Waals surface area contributed by atoms with Crippen LogP contribution >= 0.6 is 0 Å². The van der Waals surface area contributed by atoms with Crippen molar-refractivity contribution in [2.75, 3.05) is 6.54 Å². The molecule has 0 N–H and O–H groups in total. The fourth-order valence-electron chi connectivity index (χ4n) is 4.17. The largest absolute Gasteiger partial charge is 0.420 e. The van der Waals surface area contributed by atoms with Crippen molar-refractivity contribution in [3.63, 3.8) is 0 Å². The SMILES string of the molecule is O=C1C(c2ccccc2)N(Cc2ccccc2)C(=O)N1CCn1c(=O)oc2ccccc21. The van der Waals surface area contributed by atoms with Gasteiger partial charge in [0, 0.05) is 19.6 Å². The molecule has 1 aliphatic heterocycles. The summed E-state index contributed by atoms with van der Waals surface area (Å²) in [6.45, 7) is 0.555. The lowest BCUT2D eigenvalue weighted by Crippen LogP contribution is -2.36. The first-order chi connectivity index (χ1) is 15.6. The van der Waals surface area contributed by atoms with Gasteiger partial charge in [0.2, 0.25) is 0 Å². The van der Waals surface area contributed by atoms with Crippen molar-refractivity contribution in [3.05, 3.63) is 107 Å². The molecule has 1 saturated heterocycles. The average molecular weight is 427 g/mol. The number of urea groups is 1. The van der Waals surface area contributed by atoms with Crippen LogP contribution in [0.3, 0.4) is 0 Å². The van der Waals surface area contributed by atoms with E-state index in [2.05, 4.69) is 0 Å². The Bertz CT molecular complexity index is 1330. The number of aromatic nitrogens is 1. The predicted octanol–water partition coefficient (Wildman–Crippen LogP) is 3.80. The van der Waals surface area contributed by atoms with E-state index in [1.54, 1.807) is 23.1 Å². The Morgan fingerprint density at radius 1 is 0.750 bits per heavy atom. The first-order valence-corrected chi connectivity index (χ1v) is 10.4. The van der Waals surface area contributed by atoms with Gasteiger partial charge in [0.1, 0.15) is 6.04 Å². The highest BCUT2D eigenvalue weighted by Crippen LogP contribution is 2.32. The third-order valence-electron chi connectivity index (χ3n) is 5.72. The molecule has 0 aliphatic carbocycles. The Morgan fingerprint density at radius 2 is 1.41 bits per heavy atom. The maximum absolute atomic E-state index is 13.4. The van der Waals surface area contributed by atoms with E-state index in [0.29, 0.717) is 17.6 Å². The molecule has 0 spiro atoms. The molecule has 7 heteroatoms. The predicted molar refractivity (Wildman–Crippen MR) is 119 cm³/mol. The lowest BCUT2D eigenvalue weighted by atomic mass is 10.1. The van der Waals surface area contributed by atoms with E-state index in [9.17, 15) is 14.4 Å². The van der Waals surface area contributed by atoms with Crippen molar-refractivity contribution >= 4 is 23.0 Å².